The van der Waals surface area contributed by atoms with E-state index in [-0.39, 0.29) is 0 Å². The van der Waals surface area contributed by atoms with E-state index in [4.69, 9.17) is 0 Å². The molecule has 0 saturated carbocycles. The van der Waals surface area contributed by atoms with Crippen molar-refractivity contribution in [3.8, 4) is 0 Å². The average Bonchev–Trinajstić information content (AvgIpc) is 2.61. The lowest BCUT2D eigenvalue weighted by molar-refractivity contribution is 0.493. The molecule has 0 bridgehead atoms. The molecule has 0 heterocycles. The molecule has 1 atom stereocenters. The third kappa shape index (κ3) is 4.90. The van der Waals surface area contributed by atoms with Crippen LogP contribution in [0.3, 0.4) is 0 Å². The first-order valence-corrected chi connectivity index (χ1v) is 9.11. The van der Waals surface area contributed by atoms with Gasteiger partial charge in [-0.3, -0.25) is 0 Å². The Morgan fingerprint density at radius 2 is 2.04 bits per heavy atom. The number of hydrogen-bond donors (Lipinski definition) is 0. The van der Waals surface area contributed by atoms with E-state index in [1.54, 1.807) is 12.1 Å². The lowest BCUT2D eigenvalue weighted by Gasteiger charge is -2.20. The summed E-state index contributed by atoms with van der Waals surface area (Å²) in [7, 11) is 0. The predicted octanol–water partition coefficient (Wildman–Crippen LogP) is 7.01. The molecule has 1 unspecified atom stereocenters. The molecule has 1 aliphatic rings. The maximum Gasteiger partial charge on any atom is 0.166 e. The van der Waals surface area contributed by atoms with Crippen LogP contribution in [0.1, 0.15) is 63.0 Å². The van der Waals surface area contributed by atoms with Crippen LogP contribution in [0.4, 0.5) is 8.78 Å². The summed E-state index contributed by atoms with van der Waals surface area (Å²) in [4.78, 5) is 0. The topological polar surface area (TPSA) is 0 Å². The van der Waals surface area contributed by atoms with E-state index in [1.165, 1.54) is 0 Å². The maximum absolute atomic E-state index is 14.4. The summed E-state index contributed by atoms with van der Waals surface area (Å²) in [5.41, 5.74) is 1.89. The van der Waals surface area contributed by atoms with Crippen molar-refractivity contribution in [2.24, 2.45) is 5.92 Å². The quantitative estimate of drug-likeness (QED) is 0.355. The van der Waals surface area contributed by atoms with Gasteiger partial charge in [0, 0.05) is 5.56 Å². The Bertz CT molecular complexity index is 611. The van der Waals surface area contributed by atoms with Gasteiger partial charge in [-0.2, -0.15) is 0 Å². The van der Waals surface area contributed by atoms with Crippen molar-refractivity contribution in [2.75, 3.05) is 0 Å². The molecule has 24 heavy (non-hydrogen) atoms. The van der Waals surface area contributed by atoms with Gasteiger partial charge in [-0.1, -0.05) is 49.8 Å². The standard InChI is InChI=1S/C22H28F2/c1-3-5-7-8-9-17-11-13-18(14-12-17)20-16-15-19(10-6-4-2)21(23)22(20)24/h3,8-9,13,15-17H,1,4-7,10-12,14H2,2H3. The zero-order chi connectivity index (χ0) is 17.4. The first-order chi connectivity index (χ1) is 11.7. The second kappa shape index (κ2) is 9.56. The van der Waals surface area contributed by atoms with Crippen LogP contribution in [0.2, 0.25) is 0 Å². The molecule has 0 N–H and O–H groups in total. The van der Waals surface area contributed by atoms with Crippen LogP contribution in [-0.4, -0.2) is 0 Å². The third-order valence-corrected chi connectivity index (χ3v) is 4.71. The number of rotatable bonds is 8. The number of allylic oxidation sites excluding steroid dienone is 5. The molecule has 130 valence electrons. The van der Waals surface area contributed by atoms with Crippen molar-refractivity contribution in [3.05, 3.63) is 65.8 Å². The van der Waals surface area contributed by atoms with Crippen LogP contribution < -0.4 is 0 Å². The molecule has 0 nitrogen and oxygen atoms in total. The summed E-state index contributed by atoms with van der Waals surface area (Å²) in [5, 5.41) is 0. The highest BCUT2D eigenvalue weighted by molar-refractivity contribution is 5.67. The van der Waals surface area contributed by atoms with Crippen molar-refractivity contribution in [1.29, 1.82) is 0 Å². The Balaban J connectivity index is 2.04. The van der Waals surface area contributed by atoms with Gasteiger partial charge in [0.25, 0.3) is 0 Å². The monoisotopic (exact) mass is 330 g/mol. The molecule has 0 fully saturated rings. The van der Waals surface area contributed by atoms with Gasteiger partial charge in [-0.15, -0.1) is 6.58 Å². The predicted molar refractivity (Wildman–Crippen MR) is 98.9 cm³/mol. The van der Waals surface area contributed by atoms with Gasteiger partial charge in [-0.25, -0.2) is 8.78 Å². The van der Waals surface area contributed by atoms with E-state index < -0.39 is 11.6 Å². The van der Waals surface area contributed by atoms with Gasteiger partial charge >= 0.3 is 0 Å². The fourth-order valence-corrected chi connectivity index (χ4v) is 3.17. The minimum atomic E-state index is -0.671. The number of aryl methyl sites for hydroxylation is 1. The molecule has 0 aromatic heterocycles. The first-order valence-electron chi connectivity index (χ1n) is 9.11. The minimum Gasteiger partial charge on any atom is -0.203 e. The molecular formula is C22H28F2. The highest BCUT2D eigenvalue weighted by Gasteiger charge is 2.19. The van der Waals surface area contributed by atoms with Crippen LogP contribution in [0.15, 0.2) is 43.0 Å². The maximum atomic E-state index is 14.4. The third-order valence-electron chi connectivity index (χ3n) is 4.71. The lowest BCUT2D eigenvalue weighted by Crippen LogP contribution is -2.06. The van der Waals surface area contributed by atoms with E-state index in [1.807, 2.05) is 6.08 Å². The van der Waals surface area contributed by atoms with E-state index >= 15 is 0 Å². The number of hydrogen-bond acceptors (Lipinski definition) is 0. The fraction of sp³-hybridized carbons (Fsp3) is 0.455. The van der Waals surface area contributed by atoms with Crippen LogP contribution in [0.25, 0.3) is 5.57 Å². The zero-order valence-electron chi connectivity index (χ0n) is 14.7. The molecular weight excluding hydrogens is 302 g/mol. The summed E-state index contributed by atoms with van der Waals surface area (Å²) in [6.07, 6.45) is 15.7. The molecule has 1 aromatic rings. The summed E-state index contributed by atoms with van der Waals surface area (Å²) < 4.78 is 28.7. The molecule has 1 aromatic carbocycles. The minimum absolute atomic E-state index is 0.446. The van der Waals surface area contributed by atoms with Crippen LogP contribution in [-0.2, 0) is 6.42 Å². The molecule has 0 spiro atoms. The Morgan fingerprint density at radius 3 is 2.71 bits per heavy atom. The van der Waals surface area contributed by atoms with Crippen LogP contribution in [0.5, 0.6) is 0 Å². The van der Waals surface area contributed by atoms with Gasteiger partial charge in [-0.05, 0) is 62.0 Å². The second-order valence-corrected chi connectivity index (χ2v) is 6.56. The van der Waals surface area contributed by atoms with Gasteiger partial charge in [0.2, 0.25) is 0 Å². The molecule has 0 saturated heterocycles. The summed E-state index contributed by atoms with van der Waals surface area (Å²) >= 11 is 0. The average molecular weight is 330 g/mol. The highest BCUT2D eigenvalue weighted by atomic mass is 19.2. The number of benzene rings is 1. The Kier molecular flexibility index (Phi) is 7.42. The van der Waals surface area contributed by atoms with Gasteiger partial charge < -0.3 is 0 Å². The van der Waals surface area contributed by atoms with Gasteiger partial charge in [0.1, 0.15) is 0 Å². The molecule has 0 radical (unpaired) electrons. The van der Waals surface area contributed by atoms with Crippen molar-refractivity contribution >= 4 is 5.57 Å². The Hall–Kier alpha value is -1.70. The molecule has 2 heteroatoms. The molecule has 2 rings (SSSR count). The summed E-state index contributed by atoms with van der Waals surface area (Å²) in [5.74, 6) is -0.821. The van der Waals surface area contributed by atoms with E-state index in [0.717, 1.165) is 50.5 Å². The molecule has 0 amide bonds. The fourth-order valence-electron chi connectivity index (χ4n) is 3.17. The van der Waals surface area contributed by atoms with E-state index in [0.29, 0.717) is 23.5 Å². The number of halogens is 2. The largest absolute Gasteiger partial charge is 0.203 e. The highest BCUT2D eigenvalue weighted by Crippen LogP contribution is 2.33. The smallest absolute Gasteiger partial charge is 0.166 e. The van der Waals surface area contributed by atoms with E-state index in [2.05, 4.69) is 31.7 Å². The Morgan fingerprint density at radius 1 is 1.21 bits per heavy atom. The normalized spacial score (nSPS) is 18.0. The summed E-state index contributed by atoms with van der Waals surface area (Å²) in [6.45, 7) is 5.77. The zero-order valence-corrected chi connectivity index (χ0v) is 14.7. The van der Waals surface area contributed by atoms with Crippen LogP contribution in [0, 0.1) is 17.6 Å². The Labute approximate surface area is 145 Å². The van der Waals surface area contributed by atoms with Crippen molar-refractivity contribution in [2.45, 2.75) is 58.3 Å². The SMILES string of the molecule is C=CCCC=CC1CC=C(c2ccc(CCCC)c(F)c2F)CC1. The lowest BCUT2D eigenvalue weighted by atomic mass is 9.85. The summed E-state index contributed by atoms with van der Waals surface area (Å²) in [6, 6.07) is 3.51. The van der Waals surface area contributed by atoms with Crippen LogP contribution >= 0.6 is 0 Å². The van der Waals surface area contributed by atoms with Crippen molar-refractivity contribution in [1.82, 2.24) is 0 Å². The van der Waals surface area contributed by atoms with E-state index in [9.17, 15) is 8.78 Å². The van der Waals surface area contributed by atoms with Gasteiger partial charge in [0.05, 0.1) is 0 Å². The molecule has 1 aliphatic carbocycles. The van der Waals surface area contributed by atoms with Gasteiger partial charge in [0.15, 0.2) is 11.6 Å². The molecule has 0 aliphatic heterocycles. The number of unbranched alkanes of at least 4 members (excludes halogenated alkanes) is 2. The first kappa shape index (κ1) is 18.6. The van der Waals surface area contributed by atoms with Crippen molar-refractivity contribution in [3.63, 3.8) is 0 Å². The van der Waals surface area contributed by atoms with Crippen molar-refractivity contribution < 1.29 is 8.78 Å². The second-order valence-electron chi connectivity index (χ2n) is 6.56.